The molecule has 11 aromatic rings. The maximum atomic E-state index is 12.7. The minimum absolute atomic E-state index is 0. The molecule has 0 aliphatic carbocycles. The molecule has 11 rings (SSSR count). The van der Waals surface area contributed by atoms with Gasteiger partial charge in [0.05, 0.1) is 31.9 Å². The van der Waals surface area contributed by atoms with Crippen molar-refractivity contribution in [1.82, 2.24) is 19.1 Å². The molecule has 616 valence electrons. The molecule has 117 heavy (non-hydrogen) atoms. The third-order valence-corrected chi connectivity index (χ3v) is 16.5. The number of nitrogens with zero attached hydrogens (tertiary/aromatic N) is 7. The molecular weight excluding hydrogens is 1950 g/mol. The number of ketones is 1. The number of aliphatic hydroxyl groups excluding tert-OH is 1. The number of benzene rings is 9. The van der Waals surface area contributed by atoms with Crippen LogP contribution in [0.2, 0.25) is 10.0 Å². The number of nitrogens with two attached hydrogens (primary N) is 1. The van der Waals surface area contributed by atoms with Crippen molar-refractivity contribution in [2.24, 2.45) is 5.34 Å². The fraction of sp³-hybridized carbons (Fsp3) is 0.149. The largest absolute Gasteiger partial charge is 1.00 e. The smallest absolute Gasteiger partial charge is 1.00 e. The minimum atomic E-state index is -5.40. The van der Waals surface area contributed by atoms with Crippen molar-refractivity contribution in [3.63, 3.8) is 0 Å². The quantitative estimate of drug-likeness (QED) is 0.00631. The number of aliphatic hydroxyl groups is 7. The molecule has 0 aliphatic rings. The summed E-state index contributed by atoms with van der Waals surface area (Å²) in [5, 5.41) is 98.1. The number of Topliss-reactive ketones (excluding diaryl/α,β-unsaturated/α-hetero) is 1. The van der Waals surface area contributed by atoms with E-state index in [1.165, 1.54) is 54.4 Å². The average molecular weight is 2000 g/mol. The molecule has 2 heterocycles. The van der Waals surface area contributed by atoms with Crippen LogP contribution in [0, 0.1) is 25.1 Å². The van der Waals surface area contributed by atoms with Gasteiger partial charge in [0, 0.05) is 96.9 Å². The van der Waals surface area contributed by atoms with Gasteiger partial charge >= 0.3 is 112 Å². The first-order valence-electron chi connectivity index (χ1n) is 29.3. The van der Waals surface area contributed by atoms with Gasteiger partial charge in [-0.05, 0) is 139 Å². The standard InChI is InChI=1S/C15H10BrF3N2O2.C15H10BrF3N2O.C14H10BrF3N2O4.C8H5ClF3NO4.C8H4ClF3O.C6H6BrN.CH4.2B.FH.K.HNO3.Na.H/c16-10-2-1-3-11(7-10)21-8-20-12-6-9(4-5-13(12)21)14(22,23)15(17,18)19;16-10-2-1-3-11(7-10)21-8-20-12-6-9(4-5-13(12)21)14(22)15(17,18)19;15-9-2-1-3-10(7-9)19-11-5-4-8(6-12(11)20(23)24)13(21,22)14(16,17)18;9-5-2-1-4(3-6(5)13(16)17)7(14,15)8(10,11)12;9-6-3-1-5(2-4-6)7(13)8(10,11)12;7-5-2-1-3-6(8)4-5;;;;;;2-1-4-3;;/h1-8,22-23H;1-8,14,22H;1-7,19,21-22H;1-3,14-15H;1-4H;1-4H,8H2;1H4;;;1H;;3H;;/q;;;;;;;;;;+1;;+1;-1/p-1. The number of hydrogen-bond acceptors (Lipinski definition) is 20. The van der Waals surface area contributed by atoms with Crippen LogP contribution in [-0.4, -0.2) is 118 Å². The molecule has 0 bridgehead atoms. The zero-order valence-electron chi connectivity index (χ0n) is 58.8. The molecule has 2 aromatic heterocycles. The van der Waals surface area contributed by atoms with Crippen molar-refractivity contribution in [2.45, 2.75) is 61.8 Å². The van der Waals surface area contributed by atoms with Gasteiger partial charge in [0.2, 0.25) is 0 Å². The Morgan fingerprint density at radius 1 is 0.547 bits per heavy atom. The number of imidazole rings is 2. The van der Waals surface area contributed by atoms with Crippen molar-refractivity contribution in [3.05, 3.63) is 288 Å². The van der Waals surface area contributed by atoms with Gasteiger partial charge < -0.3 is 58.5 Å². The normalized spacial score (nSPS) is 11.4. The first-order chi connectivity index (χ1) is 51.3. The summed E-state index contributed by atoms with van der Waals surface area (Å²) in [6.45, 7) is 0. The molecule has 0 aliphatic heterocycles. The zero-order valence-corrected chi connectivity index (χ0v) is 70.8. The number of carbonyl (C=O) groups is 1. The Hall–Kier alpha value is -6.78. The summed E-state index contributed by atoms with van der Waals surface area (Å²) >= 11 is 24.0. The summed E-state index contributed by atoms with van der Waals surface area (Å²) in [6, 6.07) is 44.9. The van der Waals surface area contributed by atoms with Crippen LogP contribution < -0.4 is 97.2 Å². The first-order valence-corrected chi connectivity index (χ1v) is 33.2. The summed E-state index contributed by atoms with van der Waals surface area (Å²) < 4.78 is 193. The maximum absolute atomic E-state index is 12.7. The van der Waals surface area contributed by atoms with E-state index in [2.05, 4.69) is 84.0 Å². The van der Waals surface area contributed by atoms with Gasteiger partial charge in [0.1, 0.15) is 28.7 Å². The molecule has 0 spiro atoms. The molecule has 0 saturated heterocycles. The molecule has 1 atom stereocenters. The van der Waals surface area contributed by atoms with Gasteiger partial charge in [-0.15, -0.1) is 4.91 Å². The number of anilines is 3. The van der Waals surface area contributed by atoms with Crippen LogP contribution in [0.5, 0.6) is 0 Å². The Balaban J connectivity index is -0.00000135. The number of rotatable bonds is 12. The first kappa shape index (κ1) is 112. The summed E-state index contributed by atoms with van der Waals surface area (Å²) in [4.78, 5) is 49.1. The molecule has 9 aromatic carbocycles. The zero-order chi connectivity index (χ0) is 83.7. The van der Waals surface area contributed by atoms with E-state index in [-0.39, 0.29) is 128 Å². The van der Waals surface area contributed by atoms with Crippen molar-refractivity contribution in [1.29, 1.82) is 0 Å². The second kappa shape index (κ2) is 47.4. The third kappa shape index (κ3) is 31.6. The number of halogens is 22. The van der Waals surface area contributed by atoms with Crippen LogP contribution in [0.4, 0.5) is 99.0 Å². The minimum Gasteiger partial charge on any atom is -1.00 e. The van der Waals surface area contributed by atoms with E-state index < -0.39 is 109 Å². The third-order valence-electron chi connectivity index (χ3n) is 14.0. The van der Waals surface area contributed by atoms with Gasteiger partial charge in [-0.25, -0.2) is 9.97 Å². The summed E-state index contributed by atoms with van der Waals surface area (Å²) in [7, 11) is 0. The van der Waals surface area contributed by atoms with Gasteiger partial charge in [-0.1, -0.05) is 143 Å². The topological polar surface area (TPSA) is 380 Å². The Labute approximate surface area is 762 Å². The number of nitro benzene ring substituents is 2. The summed E-state index contributed by atoms with van der Waals surface area (Å²) in [5.74, 6) is -14.1. The number of nitrogens with one attached hydrogen (secondary N) is 1. The van der Waals surface area contributed by atoms with Crippen molar-refractivity contribution < 1.29 is 214 Å². The Morgan fingerprint density at radius 2 is 0.923 bits per heavy atom. The molecule has 1 unspecified atom stereocenters. The fourth-order valence-corrected chi connectivity index (χ4v) is 10.5. The Morgan fingerprint density at radius 3 is 1.30 bits per heavy atom. The number of hydrogen-bond donors (Lipinski definition) is 9. The second-order valence-corrected chi connectivity index (χ2v) is 26.2. The molecule has 50 heteroatoms. The van der Waals surface area contributed by atoms with Gasteiger partial charge in [0.15, 0.2) is 6.10 Å². The van der Waals surface area contributed by atoms with Crippen LogP contribution in [0.15, 0.2) is 230 Å². The molecular formula is C67H51B2Br4Cl2F16KN9NaO15. The van der Waals surface area contributed by atoms with Crippen LogP contribution in [-0.2, 0) is 22.3 Å². The monoisotopic (exact) mass is 1990 g/mol. The SMILES string of the molecule is C.F.Nc1cccc(Br)c1.O=C(c1ccc(Cl)cc1)C(F)(F)F.O=NO[O-].O=[N+]([O-])c1cc(C(O)(O)C(F)(F)F)ccc1Cl.O=[N+]([O-])c1cc(C(O)(O)C(F)(F)F)ccc1Nc1cccc(Br)c1.OC(O)(c1ccc2c(c1)ncn2-c1cccc(Br)c1)C(F)(F)F.OC(c1ccc2c(c1)ncn2-c1cccc(Br)c1)C(F)(F)F.[B].[B].[H-].[K+].[Na+]. The van der Waals surface area contributed by atoms with Gasteiger partial charge in [0.25, 0.3) is 34.5 Å². The predicted molar refractivity (Wildman–Crippen MR) is 403 cm³/mol. The van der Waals surface area contributed by atoms with E-state index >= 15 is 0 Å². The van der Waals surface area contributed by atoms with Crippen molar-refractivity contribution >= 4 is 160 Å². The van der Waals surface area contributed by atoms with Crippen LogP contribution in [0.1, 0.15) is 47.6 Å². The van der Waals surface area contributed by atoms with Gasteiger partial charge in [-0.2, -0.15) is 65.9 Å². The Bertz CT molecular complexity index is 5090. The number of nitro groups is 2. The number of aromatic nitrogens is 4. The second-order valence-electron chi connectivity index (χ2n) is 21.7. The molecule has 6 radical (unpaired) electrons. The molecule has 0 amide bonds. The van der Waals surface area contributed by atoms with Crippen molar-refractivity contribution in [3.8, 4) is 11.4 Å². The number of carbonyl (C=O) groups excluding carboxylic acids is 1. The van der Waals surface area contributed by atoms with E-state index in [9.17, 15) is 116 Å². The molecule has 0 saturated carbocycles. The maximum Gasteiger partial charge on any atom is 1.00 e. The number of alkyl halides is 15. The van der Waals surface area contributed by atoms with Crippen molar-refractivity contribution in [2.75, 3.05) is 11.1 Å². The van der Waals surface area contributed by atoms with E-state index in [1.54, 1.807) is 33.4 Å². The van der Waals surface area contributed by atoms with E-state index in [0.717, 1.165) is 72.9 Å². The molecule has 10 N–H and O–H groups in total. The molecule has 0 fully saturated rings. The van der Waals surface area contributed by atoms with Crippen LogP contribution >= 0.6 is 86.9 Å². The fourth-order valence-electron chi connectivity index (χ4n) is 8.64. The van der Waals surface area contributed by atoms with Gasteiger partial charge in [-0.3, -0.25) is 38.9 Å². The average Bonchev–Trinajstić information content (AvgIpc) is 1.47. The summed E-state index contributed by atoms with van der Waals surface area (Å²) in [6.07, 6.45) is -25.0. The van der Waals surface area contributed by atoms with Crippen LogP contribution in [0.3, 0.4) is 0 Å². The van der Waals surface area contributed by atoms with E-state index in [4.69, 9.17) is 49.3 Å². The predicted octanol–water partition coefficient (Wildman–Crippen LogP) is 11.8. The number of nitrogen functional groups attached to an aromatic ring is 1. The van der Waals surface area contributed by atoms with Crippen LogP contribution in [0.25, 0.3) is 33.4 Å². The van der Waals surface area contributed by atoms with E-state index in [1.807, 2.05) is 72.8 Å². The molecule has 24 nitrogen and oxygen atoms in total. The Kier molecular flexibility index (Phi) is 45.5. The number of fused-ring (bicyclic) bond motifs is 2. The van der Waals surface area contributed by atoms with E-state index in [0.29, 0.717) is 49.9 Å². The summed E-state index contributed by atoms with van der Waals surface area (Å²) in [5.41, 5.74) is 4.97.